The number of anilines is 2. The summed E-state index contributed by atoms with van der Waals surface area (Å²) in [7, 11) is -3.42. The van der Waals surface area contributed by atoms with Crippen molar-refractivity contribution in [2.24, 2.45) is 4.40 Å². The molecule has 158 valence electrons. The van der Waals surface area contributed by atoms with Gasteiger partial charge in [-0.25, -0.2) is 17.8 Å². The summed E-state index contributed by atoms with van der Waals surface area (Å²) in [4.78, 5) is 20.5. The van der Waals surface area contributed by atoms with Crippen LogP contribution in [0.15, 0.2) is 58.0 Å². The van der Waals surface area contributed by atoms with E-state index in [1.807, 2.05) is 4.90 Å². The summed E-state index contributed by atoms with van der Waals surface area (Å²) in [6.07, 6.45) is 2.29. The minimum atomic E-state index is -3.42. The van der Waals surface area contributed by atoms with Crippen LogP contribution in [0.3, 0.4) is 0 Å². The first-order chi connectivity index (χ1) is 14.9. The van der Waals surface area contributed by atoms with Crippen LogP contribution >= 0.6 is 23.1 Å². The van der Waals surface area contributed by atoms with E-state index in [0.29, 0.717) is 28.8 Å². The van der Waals surface area contributed by atoms with Crippen molar-refractivity contribution < 1.29 is 17.6 Å². The Balaban J connectivity index is 1.29. The number of fused-ring (bicyclic) bond motifs is 3. The molecule has 5 rings (SSSR count). The number of rotatable bonds is 4. The Hall–Kier alpha value is -2.76. The van der Waals surface area contributed by atoms with Gasteiger partial charge in [-0.3, -0.25) is 10.1 Å². The molecular weight excluding hydrogens is 459 g/mol. The summed E-state index contributed by atoms with van der Waals surface area (Å²) < 4.78 is 40.3. The lowest BCUT2D eigenvalue weighted by Gasteiger charge is -2.22. The third-order valence-corrected chi connectivity index (χ3v) is 8.02. The number of amidine groups is 1. The number of nitrogens with zero attached hydrogens (tertiary/aromatic N) is 3. The second-order valence-corrected chi connectivity index (χ2v) is 10.9. The number of nitrogens with one attached hydrogen (secondary N) is 1. The smallest absolute Gasteiger partial charge is 0.257 e. The fraction of sp³-hybridized carbons (Fsp3) is 0.150. The molecule has 11 heteroatoms. The molecule has 0 saturated heterocycles. The molecule has 0 saturated carbocycles. The highest BCUT2D eigenvalue weighted by molar-refractivity contribution is 8.15. The van der Waals surface area contributed by atoms with Crippen LogP contribution in [0.2, 0.25) is 0 Å². The molecule has 0 unspecified atom stereocenters. The molecule has 0 bridgehead atoms. The van der Waals surface area contributed by atoms with Crippen molar-refractivity contribution in [3.63, 3.8) is 0 Å². The largest absolute Gasteiger partial charge is 0.318 e. The van der Waals surface area contributed by atoms with Gasteiger partial charge in [0.1, 0.15) is 5.82 Å². The summed E-state index contributed by atoms with van der Waals surface area (Å²) >= 11 is 2.60. The second-order valence-electron chi connectivity index (χ2n) is 6.99. The van der Waals surface area contributed by atoms with Crippen LogP contribution < -0.4 is 10.2 Å². The number of thioether (sulfide) groups is 1. The molecule has 1 aromatic heterocycles. The Bertz CT molecular complexity index is 1320. The molecule has 2 aromatic carbocycles. The molecular formula is C20H15FN4O3S3. The Morgan fingerprint density at radius 3 is 2.81 bits per heavy atom. The van der Waals surface area contributed by atoms with Gasteiger partial charge in [0.15, 0.2) is 10.3 Å². The third kappa shape index (κ3) is 4.21. The molecule has 2 aliphatic heterocycles. The summed E-state index contributed by atoms with van der Waals surface area (Å²) in [6.45, 7) is 0.350. The van der Waals surface area contributed by atoms with Crippen LogP contribution in [-0.2, 0) is 16.4 Å². The van der Waals surface area contributed by atoms with E-state index in [2.05, 4.69) is 14.7 Å². The molecule has 0 aliphatic carbocycles. The molecule has 2 aliphatic rings. The summed E-state index contributed by atoms with van der Waals surface area (Å²) in [5.74, 6) is -0.605. The first-order valence-electron chi connectivity index (χ1n) is 9.29. The number of aromatic nitrogens is 1. The normalized spacial score (nSPS) is 16.4. The standard InChI is InChI=1S/C20H15FN4O3S3/c21-14-4-1-12(2-5-14)9-15-11-22-19(29-15)23-18(26)13-3-6-16-17(10-13)30-20-24-31(27,28)8-7-25(16)20/h1-6,10-11H,7-9H2,(H,22,23,26). The Labute approximate surface area is 186 Å². The van der Waals surface area contributed by atoms with Gasteiger partial charge in [0.05, 0.1) is 11.4 Å². The van der Waals surface area contributed by atoms with Gasteiger partial charge in [-0.2, -0.15) is 0 Å². The molecule has 0 atom stereocenters. The van der Waals surface area contributed by atoms with Crippen LogP contribution in [0.4, 0.5) is 15.2 Å². The highest BCUT2D eigenvalue weighted by atomic mass is 32.2. The maximum Gasteiger partial charge on any atom is 0.257 e. The number of hydrogen-bond acceptors (Lipinski definition) is 7. The van der Waals surface area contributed by atoms with Crippen LogP contribution in [0.5, 0.6) is 0 Å². The van der Waals surface area contributed by atoms with Crippen molar-refractivity contribution in [3.05, 3.63) is 70.5 Å². The SMILES string of the molecule is O=C(Nc1ncc(Cc2ccc(F)cc2)s1)c1ccc2c(c1)SC1=NS(=O)(=O)CCN12. The highest BCUT2D eigenvalue weighted by Gasteiger charge is 2.33. The van der Waals surface area contributed by atoms with E-state index in [1.165, 1.54) is 35.2 Å². The monoisotopic (exact) mass is 474 g/mol. The number of benzene rings is 2. The quantitative estimate of drug-likeness (QED) is 0.620. The number of sulfonamides is 1. The van der Waals surface area contributed by atoms with Crippen molar-refractivity contribution in [2.45, 2.75) is 11.3 Å². The lowest BCUT2D eigenvalue weighted by molar-refractivity contribution is 0.102. The number of halogens is 1. The van der Waals surface area contributed by atoms with Gasteiger partial charge in [0.25, 0.3) is 15.9 Å². The lowest BCUT2D eigenvalue weighted by atomic mass is 10.1. The van der Waals surface area contributed by atoms with Crippen LogP contribution in [0, 0.1) is 5.82 Å². The van der Waals surface area contributed by atoms with Gasteiger partial charge < -0.3 is 4.90 Å². The van der Waals surface area contributed by atoms with E-state index in [-0.39, 0.29) is 17.5 Å². The topological polar surface area (TPSA) is 91.7 Å². The van der Waals surface area contributed by atoms with Gasteiger partial charge in [0, 0.05) is 34.5 Å². The molecule has 7 nitrogen and oxygen atoms in total. The molecule has 0 spiro atoms. The van der Waals surface area contributed by atoms with Crippen molar-refractivity contribution in [2.75, 3.05) is 22.5 Å². The predicted molar refractivity (Wildman–Crippen MR) is 120 cm³/mol. The molecule has 1 amide bonds. The van der Waals surface area contributed by atoms with Crippen molar-refractivity contribution in [3.8, 4) is 0 Å². The van der Waals surface area contributed by atoms with Gasteiger partial charge in [0.2, 0.25) is 0 Å². The molecule has 0 fully saturated rings. The predicted octanol–water partition coefficient (Wildman–Crippen LogP) is 3.74. The van der Waals surface area contributed by atoms with Crippen molar-refractivity contribution in [1.29, 1.82) is 0 Å². The summed E-state index contributed by atoms with van der Waals surface area (Å²) in [5.41, 5.74) is 2.26. The third-order valence-electron chi connectivity index (χ3n) is 4.80. The average Bonchev–Trinajstić information content (AvgIpc) is 3.31. The van der Waals surface area contributed by atoms with Crippen molar-refractivity contribution >= 4 is 55.0 Å². The van der Waals surface area contributed by atoms with E-state index in [4.69, 9.17) is 0 Å². The van der Waals surface area contributed by atoms with Crippen molar-refractivity contribution in [1.82, 2.24) is 4.98 Å². The molecule has 3 heterocycles. The first kappa shape index (κ1) is 20.2. The van der Waals surface area contributed by atoms with E-state index >= 15 is 0 Å². The van der Waals surface area contributed by atoms with E-state index in [9.17, 15) is 17.6 Å². The van der Waals surface area contributed by atoms with Gasteiger partial charge in [-0.15, -0.1) is 15.7 Å². The number of hydrogen-bond donors (Lipinski definition) is 1. The first-order valence-corrected chi connectivity index (χ1v) is 12.5. The lowest BCUT2D eigenvalue weighted by Crippen LogP contribution is -2.35. The second kappa shape index (κ2) is 7.74. The Morgan fingerprint density at radius 1 is 1.19 bits per heavy atom. The number of amides is 1. The van der Waals surface area contributed by atoms with Gasteiger partial charge in [-0.1, -0.05) is 12.1 Å². The van der Waals surface area contributed by atoms with Crippen LogP contribution in [0.25, 0.3) is 0 Å². The van der Waals surface area contributed by atoms with E-state index < -0.39 is 10.0 Å². The fourth-order valence-corrected chi connectivity index (χ4v) is 6.43. The highest BCUT2D eigenvalue weighted by Crippen LogP contribution is 2.42. The maximum absolute atomic E-state index is 13.0. The summed E-state index contributed by atoms with van der Waals surface area (Å²) in [6, 6.07) is 11.5. The van der Waals surface area contributed by atoms with Crippen LogP contribution in [0.1, 0.15) is 20.8 Å². The molecule has 3 aromatic rings. The van der Waals surface area contributed by atoms with Gasteiger partial charge >= 0.3 is 0 Å². The number of carbonyl (C=O) groups excluding carboxylic acids is 1. The summed E-state index contributed by atoms with van der Waals surface area (Å²) in [5, 5.41) is 3.70. The molecule has 0 radical (unpaired) electrons. The zero-order valence-electron chi connectivity index (χ0n) is 15.9. The maximum atomic E-state index is 13.0. The minimum absolute atomic E-state index is 0.0248. The Kier molecular flexibility index (Phi) is 5.03. The van der Waals surface area contributed by atoms with E-state index in [0.717, 1.165) is 21.0 Å². The zero-order valence-corrected chi connectivity index (χ0v) is 18.4. The van der Waals surface area contributed by atoms with Gasteiger partial charge in [-0.05, 0) is 47.7 Å². The Morgan fingerprint density at radius 2 is 2.00 bits per heavy atom. The van der Waals surface area contributed by atoms with Crippen LogP contribution in [-0.4, -0.2) is 36.8 Å². The van der Waals surface area contributed by atoms with E-state index in [1.54, 1.807) is 36.5 Å². The molecule has 31 heavy (non-hydrogen) atoms. The average molecular weight is 475 g/mol. The number of thiazole rings is 1. The fourth-order valence-electron chi connectivity index (χ4n) is 3.29. The number of carbonyl (C=O) groups is 1. The molecule has 1 N–H and O–H groups in total. The minimum Gasteiger partial charge on any atom is -0.318 e. The zero-order chi connectivity index (χ0) is 21.6.